The second-order valence-electron chi connectivity index (χ2n) is 13.2. The Kier molecular flexibility index (Phi) is 20.4. The van der Waals surface area contributed by atoms with Crippen LogP contribution in [0.25, 0.3) is 43.1 Å². The standard InChI is InChI=1S/C15H18O4.C14H12N2O4.C10H2O6.C2H8N2.CO2.CH4.H2O/c1-3-5-6-14(17)10-7-8-11(15(18)19)12(9-10)13(16)4-2;1-3-4-16-13(19)9-5-7-8(6-10(9)14(16)20)12(18)15(2)11(7)17;11-7-3-1-4-6(10(14)16-8(4)12)2-5(3)9(13)15-7;3-1-2-4;2-1-3;;/h7-9H,3-6H2,1-2H3,(H,18,19);5-6H,3-4H2,1-2H3;1-2H;1-4H2;;1H4;1H2. The van der Waals surface area contributed by atoms with Crippen molar-refractivity contribution in [1.29, 1.82) is 0 Å². The van der Waals surface area contributed by atoms with Gasteiger partial charge in [-0.2, -0.15) is 9.59 Å². The second kappa shape index (κ2) is 24.1. The van der Waals surface area contributed by atoms with Crippen LogP contribution in [0.2, 0.25) is 0 Å². The molecule has 0 fully saturated rings. The summed E-state index contributed by atoms with van der Waals surface area (Å²) in [5, 5.41) is 9.77. The van der Waals surface area contributed by atoms with Crippen LogP contribution in [-0.4, -0.2) is 56.5 Å². The van der Waals surface area contributed by atoms with Gasteiger partial charge in [0.25, 0.3) is 22.2 Å². The summed E-state index contributed by atoms with van der Waals surface area (Å²) in [6.07, 6.45) is 3.25. The van der Waals surface area contributed by atoms with E-state index in [0.29, 0.717) is 38.0 Å². The molecular formula is C43H46N4O17. The smallest absolute Gasteiger partial charge is 0.373 e. The first-order valence-corrected chi connectivity index (χ1v) is 18.8. The molecule has 0 saturated carbocycles. The number of aromatic nitrogens is 2. The third-order valence-electron chi connectivity index (χ3n) is 9.15. The molecule has 0 unspecified atom stereocenters. The molecule has 3 aromatic carbocycles. The minimum Gasteiger partial charge on any atom is -0.478 e. The average molecular weight is 891 g/mol. The van der Waals surface area contributed by atoms with Gasteiger partial charge >= 0.3 is 34.6 Å². The lowest BCUT2D eigenvalue weighted by molar-refractivity contribution is -0.191. The molecule has 340 valence electrons. The Balaban J connectivity index is 0.000000442. The molecule has 0 radical (unpaired) electrons. The van der Waals surface area contributed by atoms with E-state index < -0.39 is 50.7 Å². The Hall–Kier alpha value is -7.71. The number of benzene rings is 3. The highest BCUT2D eigenvalue weighted by molar-refractivity contribution is 6.08. The van der Waals surface area contributed by atoms with Crippen molar-refractivity contribution < 1.29 is 43.4 Å². The first kappa shape index (κ1) is 54.3. The maximum atomic E-state index is 12.2. The molecule has 0 saturated heterocycles. The molecule has 0 bridgehead atoms. The van der Waals surface area contributed by atoms with Gasteiger partial charge in [-0.3, -0.25) is 37.9 Å². The summed E-state index contributed by atoms with van der Waals surface area (Å²) < 4.78 is 10.8. The highest BCUT2D eigenvalue weighted by Crippen LogP contribution is 2.18. The summed E-state index contributed by atoms with van der Waals surface area (Å²) in [7, 11) is 1.38. The van der Waals surface area contributed by atoms with Crippen molar-refractivity contribution in [1.82, 2.24) is 9.13 Å². The number of nitrogens with zero attached hydrogens (tertiary/aromatic N) is 2. The molecule has 0 aliphatic heterocycles. The first-order valence-electron chi connectivity index (χ1n) is 18.8. The monoisotopic (exact) mass is 890 g/mol. The van der Waals surface area contributed by atoms with Gasteiger partial charge in [-0.1, -0.05) is 40.7 Å². The first-order chi connectivity index (χ1) is 29.4. The Morgan fingerprint density at radius 1 is 0.609 bits per heavy atom. The fourth-order valence-electron chi connectivity index (χ4n) is 6.04. The Labute approximate surface area is 359 Å². The van der Waals surface area contributed by atoms with Crippen molar-refractivity contribution in [2.75, 3.05) is 13.1 Å². The van der Waals surface area contributed by atoms with E-state index in [1.54, 1.807) is 6.92 Å². The maximum Gasteiger partial charge on any atom is 0.373 e. The van der Waals surface area contributed by atoms with Crippen LogP contribution in [0.3, 0.4) is 0 Å². The zero-order valence-corrected chi connectivity index (χ0v) is 34.3. The fraction of sp³-hybridized carbons (Fsp3) is 0.302. The third kappa shape index (κ3) is 11.6. The molecule has 7 rings (SSSR count). The Morgan fingerprint density at radius 2 is 1.00 bits per heavy atom. The Morgan fingerprint density at radius 3 is 1.34 bits per heavy atom. The predicted octanol–water partition coefficient (Wildman–Crippen LogP) is 0.837. The molecule has 0 spiro atoms. The summed E-state index contributed by atoms with van der Waals surface area (Å²) >= 11 is 0. The quantitative estimate of drug-likeness (QED) is 0.160. The van der Waals surface area contributed by atoms with Gasteiger partial charge in [0.2, 0.25) is 0 Å². The van der Waals surface area contributed by atoms with Gasteiger partial charge < -0.3 is 30.9 Å². The molecule has 4 aromatic heterocycles. The van der Waals surface area contributed by atoms with Crippen LogP contribution in [0, 0.1) is 0 Å². The number of furan rings is 2. The van der Waals surface area contributed by atoms with Crippen molar-refractivity contribution in [3.63, 3.8) is 0 Å². The average Bonchev–Trinajstić information content (AvgIpc) is 3.87. The van der Waals surface area contributed by atoms with Crippen LogP contribution in [0.5, 0.6) is 0 Å². The number of unbranched alkanes of at least 4 members (excludes halogenated alkanes) is 1. The molecule has 0 aliphatic carbocycles. The molecule has 0 amide bonds. The molecular weight excluding hydrogens is 844 g/mol. The van der Waals surface area contributed by atoms with E-state index in [1.165, 1.54) is 37.4 Å². The second-order valence-corrected chi connectivity index (χ2v) is 13.2. The summed E-state index contributed by atoms with van der Waals surface area (Å²) in [4.78, 5) is 144. The van der Waals surface area contributed by atoms with E-state index in [-0.39, 0.29) is 91.3 Å². The van der Waals surface area contributed by atoms with Gasteiger partial charge in [0.05, 0.1) is 48.7 Å². The number of carbonyl (C=O) groups excluding carboxylic acids is 4. The Bertz CT molecular complexity index is 3050. The molecule has 7 aromatic rings. The highest BCUT2D eigenvalue weighted by Gasteiger charge is 2.20. The number of fused-ring (bicyclic) bond motifs is 4. The van der Waals surface area contributed by atoms with Gasteiger partial charge in [0.1, 0.15) is 0 Å². The minimum absolute atomic E-state index is 0. The van der Waals surface area contributed by atoms with Crippen molar-refractivity contribution in [2.45, 2.75) is 66.8 Å². The van der Waals surface area contributed by atoms with Crippen molar-refractivity contribution in [3.8, 4) is 0 Å². The van der Waals surface area contributed by atoms with Crippen LogP contribution in [0.15, 0.2) is 89.7 Å². The number of aromatic carboxylic acids is 1. The number of hydrogen-bond acceptors (Lipinski definition) is 17. The molecule has 7 N–H and O–H groups in total. The molecule has 21 heteroatoms. The number of hydrogen-bond donors (Lipinski definition) is 3. The fourth-order valence-corrected chi connectivity index (χ4v) is 6.04. The van der Waals surface area contributed by atoms with Crippen molar-refractivity contribution in [2.24, 2.45) is 18.5 Å². The lowest BCUT2D eigenvalue weighted by Crippen LogP contribution is -2.25. The number of Topliss-reactive ketones (excluding diaryl/α,β-unsaturated/α-hetero) is 2. The van der Waals surface area contributed by atoms with E-state index in [0.717, 1.165) is 34.1 Å². The number of ketones is 2. The van der Waals surface area contributed by atoms with E-state index in [4.69, 9.17) is 26.2 Å². The summed E-state index contributed by atoms with van der Waals surface area (Å²) in [6, 6.07) is 9.25. The normalized spacial score (nSPS) is 10.2. The van der Waals surface area contributed by atoms with Crippen molar-refractivity contribution in [3.05, 3.63) is 142 Å². The van der Waals surface area contributed by atoms with Crippen LogP contribution in [0.4, 0.5) is 0 Å². The number of carbonyl (C=O) groups is 3. The van der Waals surface area contributed by atoms with Crippen molar-refractivity contribution >= 4 is 66.8 Å². The van der Waals surface area contributed by atoms with Gasteiger partial charge in [-0.05, 0) is 49.2 Å². The van der Waals surface area contributed by atoms with E-state index in [9.17, 15) is 52.7 Å². The zero-order chi connectivity index (χ0) is 46.6. The van der Waals surface area contributed by atoms with E-state index in [2.05, 4.69) is 8.83 Å². The number of carboxylic acid groups (broad SMARTS) is 1. The molecule has 0 atom stereocenters. The number of rotatable bonds is 10. The largest absolute Gasteiger partial charge is 0.478 e. The maximum absolute atomic E-state index is 12.2. The van der Waals surface area contributed by atoms with Gasteiger partial charge in [0.15, 0.2) is 11.6 Å². The SMILES string of the molecule is C.CCCCC(=O)c1ccc(C(=O)O)c(C(=O)CC)c1.CCCn1c(=O)c2cc3c(=O)n(C)c(=O)c3cc2c1=O.NCCN.O.O=C=O.O=c1oc(=O)c2cc3c(=O)oc(=O)c3cc12. The molecule has 64 heavy (non-hydrogen) atoms. The van der Waals surface area contributed by atoms with Crippen LogP contribution >= 0.6 is 0 Å². The van der Waals surface area contributed by atoms with Gasteiger partial charge in [0, 0.05) is 50.7 Å². The van der Waals surface area contributed by atoms with Crippen LogP contribution in [0.1, 0.15) is 91.4 Å². The highest BCUT2D eigenvalue weighted by atomic mass is 16.4. The minimum atomic E-state index is -1.15. The molecule has 21 nitrogen and oxygen atoms in total. The number of carboxylic acids is 1. The van der Waals surface area contributed by atoms with Gasteiger partial charge in [-0.15, -0.1) is 0 Å². The van der Waals surface area contributed by atoms with E-state index >= 15 is 0 Å². The van der Waals surface area contributed by atoms with Crippen LogP contribution in [-0.2, 0) is 23.2 Å². The van der Waals surface area contributed by atoms with E-state index in [1.807, 2.05) is 13.8 Å². The summed E-state index contributed by atoms with van der Waals surface area (Å²) in [5.74, 6) is -1.46. The summed E-state index contributed by atoms with van der Waals surface area (Å²) in [5.41, 5.74) is 5.32. The topological polar surface area (TPSA) is 362 Å². The predicted molar refractivity (Wildman–Crippen MR) is 235 cm³/mol. The lowest BCUT2D eigenvalue weighted by Gasteiger charge is -2.07. The number of nitrogens with two attached hydrogens (primary N) is 2. The third-order valence-corrected chi connectivity index (χ3v) is 9.15. The van der Waals surface area contributed by atoms with Crippen LogP contribution < -0.4 is 56.2 Å². The zero-order valence-electron chi connectivity index (χ0n) is 34.3. The molecule has 4 heterocycles. The molecule has 0 aliphatic rings. The lowest BCUT2D eigenvalue weighted by atomic mass is 9.96. The summed E-state index contributed by atoms with van der Waals surface area (Å²) in [6.45, 7) is 7.05. The van der Waals surface area contributed by atoms with Gasteiger partial charge in [-0.25, -0.2) is 24.0 Å².